The molecule has 13 atom stereocenters. The van der Waals surface area contributed by atoms with Crippen molar-refractivity contribution in [2.75, 3.05) is 32.9 Å². The molecule has 3 heterocycles. The quantitative estimate of drug-likeness (QED) is 0.502. The number of aliphatic hydroxyl groups is 1. The molecule has 0 aromatic carbocycles. The van der Waals surface area contributed by atoms with Gasteiger partial charge in [0.15, 0.2) is 12.4 Å². The van der Waals surface area contributed by atoms with Gasteiger partial charge < -0.3 is 29.2 Å². The Kier molecular flexibility index (Phi) is 6.25. The SMILES string of the molecule is C[C@@H]1CC(C(=O)O)OC2C1[C@@]1(C)CCC34C[C@@]35CCC(O[C@H]3CN(C6COC6)CCO3)C(C)(C)[C@@H]5CC[C@H]4[C@]1(C)[C@H]2O. The monoisotopic (exact) mass is 587 g/mol. The summed E-state index contributed by atoms with van der Waals surface area (Å²) in [7, 11) is 0. The predicted molar refractivity (Wildman–Crippen MR) is 155 cm³/mol. The highest BCUT2D eigenvalue weighted by Crippen LogP contribution is 2.89. The van der Waals surface area contributed by atoms with Gasteiger partial charge in [0.05, 0.1) is 50.7 Å². The second-order valence-corrected chi connectivity index (χ2v) is 17.0. The zero-order chi connectivity index (χ0) is 29.4. The van der Waals surface area contributed by atoms with Crippen LogP contribution in [-0.4, -0.2) is 90.7 Å². The molecule has 5 unspecified atom stereocenters. The maximum atomic E-state index is 12.2. The minimum atomic E-state index is -0.889. The molecule has 8 heteroatoms. The third-order valence-corrected chi connectivity index (χ3v) is 15.5. The van der Waals surface area contributed by atoms with Crippen molar-refractivity contribution in [3.63, 3.8) is 0 Å². The molecule has 0 amide bonds. The van der Waals surface area contributed by atoms with Gasteiger partial charge in [-0.05, 0) is 96.7 Å². The summed E-state index contributed by atoms with van der Waals surface area (Å²) in [4.78, 5) is 14.4. The number of fused-ring (bicyclic) bond motifs is 4. The minimum Gasteiger partial charge on any atom is -0.479 e. The zero-order valence-corrected chi connectivity index (χ0v) is 26.3. The minimum absolute atomic E-state index is 0.0436. The van der Waals surface area contributed by atoms with Crippen molar-refractivity contribution < 1.29 is 34.0 Å². The molecule has 3 aliphatic heterocycles. The van der Waals surface area contributed by atoms with Crippen molar-refractivity contribution >= 4 is 5.97 Å². The summed E-state index contributed by atoms with van der Waals surface area (Å²) in [6, 6.07) is 0.515. The smallest absolute Gasteiger partial charge is 0.332 e. The number of carboxylic acid groups (broad SMARTS) is 1. The van der Waals surface area contributed by atoms with Crippen molar-refractivity contribution in [3.05, 3.63) is 0 Å². The molecular formula is C34H53NO7. The van der Waals surface area contributed by atoms with Crippen LogP contribution in [0.15, 0.2) is 0 Å². The Balaban J connectivity index is 1.04. The Hall–Kier alpha value is -0.770. The van der Waals surface area contributed by atoms with Gasteiger partial charge in [0, 0.05) is 12.0 Å². The fourth-order valence-electron chi connectivity index (χ4n) is 13.3. The Morgan fingerprint density at radius 1 is 1.00 bits per heavy atom. The van der Waals surface area contributed by atoms with Crippen molar-refractivity contribution in [1.29, 1.82) is 0 Å². The highest BCUT2D eigenvalue weighted by Gasteiger charge is 2.84. The number of nitrogens with zero attached hydrogens (tertiary/aromatic N) is 1. The topological polar surface area (TPSA) is 97.7 Å². The molecule has 42 heavy (non-hydrogen) atoms. The third kappa shape index (κ3) is 3.43. The van der Waals surface area contributed by atoms with Crippen LogP contribution in [0, 0.1) is 50.7 Å². The van der Waals surface area contributed by atoms with Gasteiger partial charge >= 0.3 is 5.97 Å². The van der Waals surface area contributed by atoms with Crippen molar-refractivity contribution in [1.82, 2.24) is 4.90 Å². The van der Waals surface area contributed by atoms with Crippen LogP contribution in [0.2, 0.25) is 0 Å². The summed E-state index contributed by atoms with van der Waals surface area (Å²) in [5.74, 6) is 0.611. The molecule has 0 aromatic heterocycles. The van der Waals surface area contributed by atoms with Gasteiger partial charge in [0.1, 0.15) is 0 Å². The lowest BCUT2D eigenvalue weighted by molar-refractivity contribution is -0.256. The first kappa shape index (κ1) is 28.7. The van der Waals surface area contributed by atoms with Gasteiger partial charge in [-0.2, -0.15) is 0 Å². The average Bonchev–Trinajstić information content (AvgIpc) is 3.54. The van der Waals surface area contributed by atoms with Crippen LogP contribution in [0.25, 0.3) is 0 Å². The van der Waals surface area contributed by atoms with Crippen LogP contribution >= 0.6 is 0 Å². The summed E-state index contributed by atoms with van der Waals surface area (Å²) >= 11 is 0. The van der Waals surface area contributed by atoms with Gasteiger partial charge in [0.25, 0.3) is 0 Å². The Morgan fingerprint density at radius 2 is 1.74 bits per heavy atom. The molecule has 3 saturated heterocycles. The van der Waals surface area contributed by atoms with Gasteiger partial charge in [0.2, 0.25) is 0 Å². The van der Waals surface area contributed by atoms with E-state index in [-0.39, 0.29) is 52.0 Å². The number of hydrogen-bond donors (Lipinski definition) is 2. The van der Waals surface area contributed by atoms with Crippen LogP contribution in [-0.2, 0) is 23.7 Å². The number of aliphatic carboxylic acids is 1. The average molecular weight is 588 g/mol. The second kappa shape index (κ2) is 9.16. The molecule has 236 valence electrons. The Labute approximate surface area is 251 Å². The van der Waals surface area contributed by atoms with Gasteiger partial charge in [-0.15, -0.1) is 0 Å². The van der Waals surface area contributed by atoms with E-state index in [0.717, 1.165) is 52.2 Å². The maximum absolute atomic E-state index is 12.2. The zero-order valence-electron chi connectivity index (χ0n) is 26.3. The number of morpholine rings is 1. The lowest BCUT2D eigenvalue weighted by atomic mass is 9.41. The molecule has 0 radical (unpaired) electrons. The maximum Gasteiger partial charge on any atom is 0.332 e. The number of hydrogen-bond acceptors (Lipinski definition) is 7. The molecule has 2 N–H and O–H groups in total. The van der Waals surface area contributed by atoms with Crippen LogP contribution in [0.3, 0.4) is 0 Å². The first-order valence-electron chi connectivity index (χ1n) is 17.0. The normalized spacial score (nSPS) is 56.7. The first-order valence-corrected chi connectivity index (χ1v) is 17.0. The van der Waals surface area contributed by atoms with Crippen molar-refractivity contribution in [3.8, 4) is 0 Å². The fourth-order valence-corrected chi connectivity index (χ4v) is 13.3. The molecule has 8 rings (SSSR count). The standard InChI is InChI=1S/C34H53NO7/c1-19-14-21(29(37)38)41-27-26(19)31(4)10-11-34-18-33(34)9-8-24(42-25-15-35(12-13-40-25)20-16-39-17-20)30(2,3)22(33)6-7-23(34)32(31,5)28(27)36/h19-28,36H,6-18H2,1-5H3,(H,37,38)/t19-,21?,22+,23+,24?,25+,26?,27?,28+,31-,32-,33-,34?/m1/s1. The van der Waals surface area contributed by atoms with E-state index in [9.17, 15) is 15.0 Å². The number of carbonyl (C=O) groups is 1. The molecule has 8 aliphatic rings. The molecular weight excluding hydrogens is 534 g/mol. The summed E-state index contributed by atoms with van der Waals surface area (Å²) in [6.45, 7) is 16.1. The molecule has 2 spiro atoms. The van der Waals surface area contributed by atoms with Crippen LogP contribution in [0.4, 0.5) is 0 Å². The second-order valence-electron chi connectivity index (χ2n) is 17.0. The van der Waals surface area contributed by atoms with Crippen LogP contribution in [0.1, 0.15) is 86.0 Å². The van der Waals surface area contributed by atoms with E-state index < -0.39 is 18.2 Å². The predicted octanol–water partition coefficient (Wildman–Crippen LogP) is 4.33. The van der Waals surface area contributed by atoms with Gasteiger partial charge in [-0.25, -0.2) is 4.79 Å². The molecule has 0 bridgehead atoms. The molecule has 8 nitrogen and oxygen atoms in total. The highest BCUT2D eigenvalue weighted by atomic mass is 16.7. The summed E-state index contributed by atoms with van der Waals surface area (Å²) in [6.07, 6.45) is 6.99. The first-order chi connectivity index (χ1) is 19.9. The Bertz CT molecular complexity index is 1130. The van der Waals surface area contributed by atoms with E-state index >= 15 is 0 Å². The Morgan fingerprint density at radius 3 is 2.45 bits per heavy atom. The van der Waals surface area contributed by atoms with E-state index in [0.29, 0.717) is 29.7 Å². The summed E-state index contributed by atoms with van der Waals surface area (Å²) in [5.41, 5.74) is 0.361. The highest BCUT2D eigenvalue weighted by molar-refractivity contribution is 5.72. The van der Waals surface area contributed by atoms with Gasteiger partial charge in [-0.1, -0.05) is 34.6 Å². The largest absolute Gasteiger partial charge is 0.479 e. The molecule has 5 aliphatic carbocycles. The fraction of sp³-hybridized carbons (Fsp3) is 0.971. The van der Waals surface area contributed by atoms with Crippen LogP contribution in [0.5, 0.6) is 0 Å². The van der Waals surface area contributed by atoms with E-state index in [2.05, 4.69) is 39.5 Å². The number of ether oxygens (including phenoxy) is 4. The lowest BCUT2D eigenvalue weighted by Gasteiger charge is -2.64. The van der Waals surface area contributed by atoms with E-state index in [4.69, 9.17) is 18.9 Å². The van der Waals surface area contributed by atoms with E-state index in [1.54, 1.807) is 0 Å². The van der Waals surface area contributed by atoms with Crippen molar-refractivity contribution in [2.24, 2.45) is 50.7 Å². The molecule has 5 saturated carbocycles. The molecule has 0 aromatic rings. The summed E-state index contributed by atoms with van der Waals surface area (Å²) in [5, 5.41) is 22.0. The lowest BCUT2D eigenvalue weighted by Crippen LogP contribution is -2.60. The van der Waals surface area contributed by atoms with Crippen molar-refractivity contribution in [2.45, 2.75) is 123 Å². The van der Waals surface area contributed by atoms with E-state index in [1.807, 2.05) is 0 Å². The molecule has 8 fully saturated rings. The van der Waals surface area contributed by atoms with Crippen LogP contribution < -0.4 is 0 Å². The number of rotatable bonds is 4. The number of aliphatic hydroxyl groups excluding tert-OH is 1. The number of carboxylic acids is 1. The summed E-state index contributed by atoms with van der Waals surface area (Å²) < 4.78 is 24.7. The van der Waals surface area contributed by atoms with E-state index in [1.165, 1.54) is 25.7 Å². The third-order valence-electron chi connectivity index (χ3n) is 15.5. The van der Waals surface area contributed by atoms with Gasteiger partial charge in [-0.3, -0.25) is 4.90 Å².